The highest BCUT2D eigenvalue weighted by atomic mass is 16.5. The van der Waals surface area contributed by atoms with E-state index < -0.39 is 5.54 Å². The molecular weight excluding hydrogens is 228 g/mol. The summed E-state index contributed by atoms with van der Waals surface area (Å²) >= 11 is 0. The van der Waals surface area contributed by atoms with Crippen LogP contribution >= 0.6 is 0 Å². The van der Waals surface area contributed by atoms with Crippen molar-refractivity contribution >= 4 is 5.91 Å². The minimum atomic E-state index is -0.621. The van der Waals surface area contributed by atoms with Gasteiger partial charge in [-0.3, -0.25) is 4.79 Å². The number of ether oxygens (including phenoxy) is 1. The number of carbonyl (C=O) groups excluding carboxylic acids is 1. The van der Waals surface area contributed by atoms with Gasteiger partial charge in [-0.25, -0.2) is 0 Å². The summed E-state index contributed by atoms with van der Waals surface area (Å²) in [6, 6.07) is 0. The lowest BCUT2D eigenvalue weighted by atomic mass is 9.76. The van der Waals surface area contributed by atoms with Crippen LogP contribution in [0.15, 0.2) is 0 Å². The largest absolute Gasteiger partial charge is 0.381 e. The lowest BCUT2D eigenvalue weighted by molar-refractivity contribution is -0.128. The Bertz CT molecular complexity index is 290. The van der Waals surface area contributed by atoms with Gasteiger partial charge in [-0.05, 0) is 37.5 Å². The summed E-state index contributed by atoms with van der Waals surface area (Å²) in [4.78, 5) is 12.2. The molecule has 3 unspecified atom stereocenters. The lowest BCUT2D eigenvalue weighted by Crippen LogP contribution is -2.56. The van der Waals surface area contributed by atoms with Gasteiger partial charge in [0, 0.05) is 19.8 Å². The molecule has 1 aliphatic heterocycles. The minimum absolute atomic E-state index is 0.0490. The van der Waals surface area contributed by atoms with Gasteiger partial charge in [0.2, 0.25) is 5.91 Å². The molecule has 3 atom stereocenters. The summed E-state index contributed by atoms with van der Waals surface area (Å²) < 4.78 is 5.33. The second-order valence-electron chi connectivity index (χ2n) is 6.13. The summed E-state index contributed by atoms with van der Waals surface area (Å²) in [6.45, 7) is 4.64. The number of nitrogens with one attached hydrogen (secondary N) is 1. The Labute approximate surface area is 110 Å². The molecule has 3 N–H and O–H groups in total. The van der Waals surface area contributed by atoms with Gasteiger partial charge >= 0.3 is 0 Å². The van der Waals surface area contributed by atoms with Crippen molar-refractivity contribution in [2.24, 2.45) is 17.6 Å². The molecule has 18 heavy (non-hydrogen) atoms. The van der Waals surface area contributed by atoms with Crippen LogP contribution in [0.2, 0.25) is 0 Å². The number of carbonyl (C=O) groups is 1. The summed E-state index contributed by atoms with van der Waals surface area (Å²) in [6.07, 6.45) is 6.06. The molecule has 1 amide bonds. The predicted molar refractivity (Wildman–Crippen MR) is 71.1 cm³/mol. The molecule has 0 aromatic rings. The first-order chi connectivity index (χ1) is 8.60. The van der Waals surface area contributed by atoms with Crippen LogP contribution in [-0.2, 0) is 9.53 Å². The quantitative estimate of drug-likeness (QED) is 0.798. The second kappa shape index (κ2) is 6.02. The van der Waals surface area contributed by atoms with E-state index in [0.717, 1.165) is 51.9 Å². The van der Waals surface area contributed by atoms with Crippen LogP contribution in [0.3, 0.4) is 0 Å². The highest BCUT2D eigenvalue weighted by Gasteiger charge is 2.37. The molecule has 0 spiro atoms. The van der Waals surface area contributed by atoms with Crippen molar-refractivity contribution in [2.75, 3.05) is 19.8 Å². The fourth-order valence-electron chi connectivity index (χ4n) is 3.18. The normalized spacial score (nSPS) is 36.6. The van der Waals surface area contributed by atoms with E-state index in [0.29, 0.717) is 11.8 Å². The van der Waals surface area contributed by atoms with Crippen molar-refractivity contribution in [1.29, 1.82) is 0 Å². The first-order valence-corrected chi connectivity index (χ1v) is 7.25. The molecular formula is C14H26N2O2. The Morgan fingerprint density at radius 2 is 2.33 bits per heavy atom. The van der Waals surface area contributed by atoms with E-state index in [1.165, 1.54) is 6.42 Å². The van der Waals surface area contributed by atoms with Crippen molar-refractivity contribution in [2.45, 2.75) is 51.0 Å². The molecule has 2 aliphatic rings. The van der Waals surface area contributed by atoms with Gasteiger partial charge in [-0.2, -0.15) is 0 Å². The third-order valence-corrected chi connectivity index (χ3v) is 4.35. The predicted octanol–water partition coefficient (Wildman–Crippen LogP) is 1.44. The molecule has 1 aliphatic carbocycles. The Hall–Kier alpha value is -0.610. The van der Waals surface area contributed by atoms with Crippen LogP contribution in [0.25, 0.3) is 0 Å². The molecule has 1 heterocycles. The van der Waals surface area contributed by atoms with Crippen LogP contribution in [0.1, 0.15) is 45.4 Å². The van der Waals surface area contributed by atoms with Crippen molar-refractivity contribution in [3.05, 3.63) is 0 Å². The Kier molecular flexibility index (Phi) is 4.62. The maximum atomic E-state index is 12.2. The lowest BCUT2D eigenvalue weighted by Gasteiger charge is -2.35. The van der Waals surface area contributed by atoms with Gasteiger partial charge in [0.25, 0.3) is 0 Å². The van der Waals surface area contributed by atoms with Crippen LogP contribution in [-0.4, -0.2) is 31.2 Å². The average molecular weight is 254 g/mol. The van der Waals surface area contributed by atoms with E-state index in [2.05, 4.69) is 12.2 Å². The van der Waals surface area contributed by atoms with E-state index in [9.17, 15) is 4.79 Å². The summed E-state index contributed by atoms with van der Waals surface area (Å²) in [5.74, 6) is 1.23. The fourth-order valence-corrected chi connectivity index (χ4v) is 3.18. The van der Waals surface area contributed by atoms with Gasteiger partial charge < -0.3 is 15.8 Å². The Balaban J connectivity index is 1.72. The highest BCUT2D eigenvalue weighted by Crippen LogP contribution is 2.30. The van der Waals surface area contributed by atoms with Crippen LogP contribution in [0.4, 0.5) is 0 Å². The van der Waals surface area contributed by atoms with Gasteiger partial charge in [-0.1, -0.05) is 19.8 Å². The number of amides is 1. The maximum Gasteiger partial charge on any atom is 0.240 e. The smallest absolute Gasteiger partial charge is 0.240 e. The molecule has 0 radical (unpaired) electrons. The molecule has 0 bridgehead atoms. The number of hydrogen-bond acceptors (Lipinski definition) is 3. The van der Waals surface area contributed by atoms with Crippen LogP contribution < -0.4 is 11.1 Å². The topological polar surface area (TPSA) is 64.4 Å². The highest BCUT2D eigenvalue weighted by molar-refractivity contribution is 5.86. The first kappa shape index (κ1) is 13.8. The van der Waals surface area contributed by atoms with E-state index in [4.69, 9.17) is 10.5 Å². The maximum absolute atomic E-state index is 12.2. The van der Waals surface area contributed by atoms with E-state index in [-0.39, 0.29) is 5.91 Å². The van der Waals surface area contributed by atoms with E-state index >= 15 is 0 Å². The summed E-state index contributed by atoms with van der Waals surface area (Å²) in [7, 11) is 0. The van der Waals surface area contributed by atoms with Crippen molar-refractivity contribution in [3.8, 4) is 0 Å². The number of hydrogen-bond donors (Lipinski definition) is 2. The van der Waals surface area contributed by atoms with Crippen molar-refractivity contribution in [3.63, 3.8) is 0 Å². The van der Waals surface area contributed by atoms with Crippen molar-refractivity contribution < 1.29 is 9.53 Å². The summed E-state index contributed by atoms with van der Waals surface area (Å²) in [5.41, 5.74) is 5.63. The van der Waals surface area contributed by atoms with Gasteiger partial charge in [-0.15, -0.1) is 0 Å². The SMILES string of the molecule is CC1CCCC(N)(C(=O)NCCC2CCOC2)C1. The van der Waals surface area contributed by atoms with Gasteiger partial charge in [0.1, 0.15) is 0 Å². The Morgan fingerprint density at radius 1 is 1.50 bits per heavy atom. The van der Waals surface area contributed by atoms with Crippen molar-refractivity contribution in [1.82, 2.24) is 5.32 Å². The van der Waals surface area contributed by atoms with E-state index in [1.807, 2.05) is 0 Å². The third kappa shape index (κ3) is 3.45. The zero-order valence-electron chi connectivity index (χ0n) is 11.4. The second-order valence-corrected chi connectivity index (χ2v) is 6.13. The standard InChI is InChI=1S/C14H26N2O2/c1-11-3-2-6-14(15,9-11)13(17)16-7-4-12-5-8-18-10-12/h11-12H,2-10,15H2,1H3,(H,16,17). The van der Waals surface area contributed by atoms with Crippen LogP contribution in [0, 0.1) is 11.8 Å². The summed E-state index contributed by atoms with van der Waals surface area (Å²) in [5, 5.41) is 3.02. The molecule has 1 saturated carbocycles. The number of rotatable bonds is 4. The Morgan fingerprint density at radius 3 is 3.00 bits per heavy atom. The first-order valence-electron chi connectivity index (χ1n) is 7.25. The minimum Gasteiger partial charge on any atom is -0.381 e. The van der Waals surface area contributed by atoms with Gasteiger partial charge in [0.15, 0.2) is 0 Å². The molecule has 2 rings (SSSR count). The fraction of sp³-hybridized carbons (Fsp3) is 0.929. The average Bonchev–Trinajstić information content (AvgIpc) is 2.81. The van der Waals surface area contributed by atoms with E-state index in [1.54, 1.807) is 0 Å². The molecule has 0 aromatic heterocycles. The monoisotopic (exact) mass is 254 g/mol. The zero-order chi connectivity index (χ0) is 13.0. The molecule has 4 heteroatoms. The van der Waals surface area contributed by atoms with Gasteiger partial charge in [0.05, 0.1) is 5.54 Å². The molecule has 2 fully saturated rings. The number of nitrogens with two attached hydrogens (primary N) is 1. The molecule has 0 aromatic carbocycles. The molecule has 104 valence electrons. The zero-order valence-corrected chi connectivity index (χ0v) is 11.4. The molecule has 4 nitrogen and oxygen atoms in total. The van der Waals surface area contributed by atoms with Crippen LogP contribution in [0.5, 0.6) is 0 Å². The molecule has 1 saturated heterocycles. The third-order valence-electron chi connectivity index (χ3n) is 4.35.